The van der Waals surface area contributed by atoms with E-state index in [2.05, 4.69) is 33.8 Å². The molecule has 1 aliphatic heterocycles. The SMILES string of the molecule is N#Cc1ccc(SCCC(=O)NCC(c2cccs2)N2CCOCC2)cc1. The molecule has 1 amide bonds. The maximum Gasteiger partial charge on any atom is 0.220 e. The fourth-order valence-corrected chi connectivity index (χ4v) is 4.68. The first-order valence-electron chi connectivity index (χ1n) is 9.01. The predicted octanol–water partition coefficient (Wildman–Crippen LogP) is 3.29. The molecule has 0 saturated carbocycles. The number of nitrogens with one attached hydrogen (secondary N) is 1. The van der Waals surface area contributed by atoms with E-state index in [-0.39, 0.29) is 11.9 Å². The van der Waals surface area contributed by atoms with E-state index in [1.165, 1.54) is 4.88 Å². The average Bonchev–Trinajstić information content (AvgIpc) is 3.24. The molecular formula is C20H23N3O2S2. The Morgan fingerprint density at radius 3 is 2.74 bits per heavy atom. The molecule has 5 nitrogen and oxygen atoms in total. The van der Waals surface area contributed by atoms with Crippen molar-refractivity contribution < 1.29 is 9.53 Å². The van der Waals surface area contributed by atoms with Crippen molar-refractivity contribution in [2.24, 2.45) is 0 Å². The summed E-state index contributed by atoms with van der Waals surface area (Å²) < 4.78 is 5.46. The number of rotatable bonds is 8. The zero-order valence-electron chi connectivity index (χ0n) is 15.1. The van der Waals surface area contributed by atoms with E-state index in [0.717, 1.165) is 37.0 Å². The van der Waals surface area contributed by atoms with Crippen LogP contribution in [-0.2, 0) is 9.53 Å². The van der Waals surface area contributed by atoms with Gasteiger partial charge in [-0.2, -0.15) is 5.26 Å². The molecule has 1 aromatic carbocycles. The van der Waals surface area contributed by atoms with Crippen LogP contribution in [0.4, 0.5) is 0 Å². The fourth-order valence-electron chi connectivity index (χ4n) is 2.97. The molecule has 1 aromatic heterocycles. The number of hydrogen-bond acceptors (Lipinski definition) is 6. The number of hydrogen-bond donors (Lipinski definition) is 1. The summed E-state index contributed by atoms with van der Waals surface area (Å²) in [7, 11) is 0. The highest BCUT2D eigenvalue weighted by Gasteiger charge is 2.23. The van der Waals surface area contributed by atoms with Gasteiger partial charge in [-0.05, 0) is 35.7 Å². The van der Waals surface area contributed by atoms with Crippen molar-refractivity contribution >= 4 is 29.0 Å². The van der Waals surface area contributed by atoms with Gasteiger partial charge in [-0.1, -0.05) is 6.07 Å². The topological polar surface area (TPSA) is 65.4 Å². The van der Waals surface area contributed by atoms with Gasteiger partial charge in [0.05, 0.1) is 30.9 Å². The molecule has 1 aliphatic rings. The monoisotopic (exact) mass is 401 g/mol. The average molecular weight is 402 g/mol. The molecule has 0 aliphatic carbocycles. The van der Waals surface area contributed by atoms with Crippen molar-refractivity contribution in [1.82, 2.24) is 10.2 Å². The van der Waals surface area contributed by atoms with Gasteiger partial charge in [-0.25, -0.2) is 0 Å². The summed E-state index contributed by atoms with van der Waals surface area (Å²) in [6.07, 6.45) is 0.477. The van der Waals surface area contributed by atoms with Crippen LogP contribution in [0, 0.1) is 11.3 Å². The normalized spacial score (nSPS) is 15.8. The Bertz CT molecular complexity index is 751. The molecule has 142 valence electrons. The second-order valence-electron chi connectivity index (χ2n) is 6.22. The maximum absolute atomic E-state index is 12.3. The van der Waals surface area contributed by atoms with Gasteiger partial charge >= 0.3 is 0 Å². The summed E-state index contributed by atoms with van der Waals surface area (Å²) in [5.41, 5.74) is 0.653. The molecule has 0 spiro atoms. The number of carbonyl (C=O) groups is 1. The number of benzene rings is 1. The Kier molecular flexibility index (Phi) is 7.72. The van der Waals surface area contributed by atoms with Crippen LogP contribution >= 0.6 is 23.1 Å². The van der Waals surface area contributed by atoms with Gasteiger partial charge in [0.2, 0.25) is 5.91 Å². The molecule has 1 N–H and O–H groups in total. The van der Waals surface area contributed by atoms with Gasteiger partial charge in [-0.3, -0.25) is 9.69 Å². The lowest BCUT2D eigenvalue weighted by Crippen LogP contribution is -2.43. The number of nitriles is 1. The fraction of sp³-hybridized carbons (Fsp3) is 0.400. The first-order valence-corrected chi connectivity index (χ1v) is 10.9. The van der Waals surface area contributed by atoms with E-state index in [1.807, 2.05) is 12.1 Å². The highest BCUT2D eigenvalue weighted by atomic mass is 32.2. The lowest BCUT2D eigenvalue weighted by molar-refractivity contribution is -0.121. The molecule has 1 saturated heterocycles. The van der Waals surface area contributed by atoms with Crippen LogP contribution in [0.15, 0.2) is 46.7 Å². The van der Waals surface area contributed by atoms with Crippen molar-refractivity contribution in [3.8, 4) is 6.07 Å². The first kappa shape index (κ1) is 19.9. The number of nitrogens with zero attached hydrogens (tertiary/aromatic N) is 2. The molecule has 27 heavy (non-hydrogen) atoms. The summed E-state index contributed by atoms with van der Waals surface area (Å²) in [6.45, 7) is 3.91. The Morgan fingerprint density at radius 2 is 2.07 bits per heavy atom. The molecule has 7 heteroatoms. The van der Waals surface area contributed by atoms with E-state index < -0.39 is 0 Å². The number of thioether (sulfide) groups is 1. The minimum absolute atomic E-state index is 0.0750. The van der Waals surface area contributed by atoms with Gasteiger partial charge in [0.25, 0.3) is 0 Å². The van der Waals surface area contributed by atoms with Crippen LogP contribution in [0.25, 0.3) is 0 Å². The van der Waals surface area contributed by atoms with Crippen molar-refractivity contribution in [2.45, 2.75) is 17.4 Å². The van der Waals surface area contributed by atoms with Crippen LogP contribution < -0.4 is 5.32 Å². The Labute approximate surface area is 168 Å². The van der Waals surface area contributed by atoms with Crippen molar-refractivity contribution in [3.63, 3.8) is 0 Å². The number of amides is 1. The third-order valence-electron chi connectivity index (χ3n) is 4.43. The van der Waals surface area contributed by atoms with Gasteiger partial charge in [0, 0.05) is 41.6 Å². The number of carbonyl (C=O) groups excluding carboxylic acids is 1. The van der Waals surface area contributed by atoms with Crippen molar-refractivity contribution in [1.29, 1.82) is 5.26 Å². The molecule has 1 atom stereocenters. The van der Waals surface area contributed by atoms with Crippen molar-refractivity contribution in [3.05, 3.63) is 52.2 Å². The highest BCUT2D eigenvalue weighted by molar-refractivity contribution is 7.99. The third kappa shape index (κ3) is 6.08. The van der Waals surface area contributed by atoms with Crippen molar-refractivity contribution in [2.75, 3.05) is 38.6 Å². The smallest absolute Gasteiger partial charge is 0.220 e. The third-order valence-corrected chi connectivity index (χ3v) is 6.42. The summed E-state index contributed by atoms with van der Waals surface area (Å²) in [6, 6.07) is 14.0. The first-order chi connectivity index (χ1) is 13.3. The molecule has 2 aromatic rings. The van der Waals surface area contributed by atoms with Crippen LogP contribution in [0.2, 0.25) is 0 Å². The minimum atomic E-state index is 0.0750. The Hall–Kier alpha value is -1.85. The standard InChI is InChI=1S/C20H23N3O2S2/c21-14-16-3-5-17(6-4-16)26-13-7-20(24)22-15-18(19-2-1-12-27-19)23-8-10-25-11-9-23/h1-6,12,18H,7-11,13,15H2,(H,22,24). The Morgan fingerprint density at radius 1 is 1.30 bits per heavy atom. The molecule has 1 fully saturated rings. The number of morpholine rings is 1. The van der Waals surface area contributed by atoms with Gasteiger partial charge < -0.3 is 10.1 Å². The predicted molar refractivity (Wildman–Crippen MR) is 109 cm³/mol. The van der Waals surface area contributed by atoms with E-state index in [1.54, 1.807) is 35.2 Å². The molecule has 0 bridgehead atoms. The lowest BCUT2D eigenvalue weighted by Gasteiger charge is -2.34. The Balaban J connectivity index is 1.45. The molecule has 0 radical (unpaired) electrons. The van der Waals surface area contributed by atoms with Crippen LogP contribution in [0.3, 0.4) is 0 Å². The summed E-state index contributed by atoms with van der Waals surface area (Å²) in [5.74, 6) is 0.796. The van der Waals surface area contributed by atoms with Gasteiger partial charge in [0.1, 0.15) is 0 Å². The highest BCUT2D eigenvalue weighted by Crippen LogP contribution is 2.25. The zero-order chi connectivity index (χ0) is 18.9. The van der Waals surface area contributed by atoms with Crippen LogP contribution in [0.1, 0.15) is 22.9 Å². The quantitative estimate of drug-likeness (QED) is 0.688. The summed E-state index contributed by atoms with van der Waals surface area (Å²) in [4.78, 5) is 17.0. The second-order valence-corrected chi connectivity index (χ2v) is 8.37. The van der Waals surface area contributed by atoms with E-state index >= 15 is 0 Å². The van der Waals surface area contributed by atoms with E-state index in [9.17, 15) is 4.79 Å². The molecular weight excluding hydrogens is 378 g/mol. The van der Waals surface area contributed by atoms with E-state index in [4.69, 9.17) is 10.00 Å². The van der Waals surface area contributed by atoms with E-state index in [0.29, 0.717) is 18.5 Å². The lowest BCUT2D eigenvalue weighted by atomic mass is 10.2. The van der Waals surface area contributed by atoms with Gasteiger partial charge in [0.15, 0.2) is 0 Å². The number of thiophene rings is 1. The molecule has 3 rings (SSSR count). The summed E-state index contributed by atoms with van der Waals surface area (Å²) >= 11 is 3.37. The van der Waals surface area contributed by atoms with Crippen LogP contribution in [0.5, 0.6) is 0 Å². The van der Waals surface area contributed by atoms with Gasteiger partial charge in [-0.15, -0.1) is 23.1 Å². The largest absolute Gasteiger partial charge is 0.379 e. The molecule has 2 heterocycles. The summed E-state index contributed by atoms with van der Waals surface area (Å²) in [5, 5.41) is 14.0. The second kappa shape index (κ2) is 10.5. The minimum Gasteiger partial charge on any atom is -0.379 e. The van der Waals surface area contributed by atoms with Crippen LogP contribution in [-0.4, -0.2) is 49.4 Å². The number of ether oxygens (including phenoxy) is 1. The zero-order valence-corrected chi connectivity index (χ0v) is 16.7. The maximum atomic E-state index is 12.3. The molecule has 1 unspecified atom stereocenters.